The highest BCUT2D eigenvalue weighted by molar-refractivity contribution is 5.96. The molecule has 0 aliphatic heterocycles. The van der Waals surface area contributed by atoms with E-state index in [-0.39, 0.29) is 23.7 Å². The molecule has 2 aromatic rings. The van der Waals surface area contributed by atoms with Crippen molar-refractivity contribution >= 4 is 23.7 Å². The van der Waals surface area contributed by atoms with Crippen LogP contribution in [0, 0.1) is 17.0 Å². The minimum atomic E-state index is -0.546. The third-order valence-corrected chi connectivity index (χ3v) is 3.25. The zero-order valence-electron chi connectivity index (χ0n) is 13.4. The maximum Gasteiger partial charge on any atom is 0.278 e. The molecule has 0 spiro atoms. The second kappa shape index (κ2) is 8.34. The summed E-state index contributed by atoms with van der Waals surface area (Å²) in [4.78, 5) is 33.9. The van der Waals surface area contributed by atoms with Crippen LogP contribution in [0.25, 0.3) is 0 Å². The predicted molar refractivity (Wildman–Crippen MR) is 92.3 cm³/mol. The van der Waals surface area contributed by atoms with Crippen molar-refractivity contribution < 1.29 is 14.5 Å². The van der Waals surface area contributed by atoms with Crippen molar-refractivity contribution in [2.45, 2.75) is 6.92 Å². The van der Waals surface area contributed by atoms with Gasteiger partial charge in [0.15, 0.2) is 0 Å². The van der Waals surface area contributed by atoms with Gasteiger partial charge in [-0.2, -0.15) is 5.10 Å². The number of para-hydroxylation sites is 1. The van der Waals surface area contributed by atoms with Crippen LogP contribution in [0.2, 0.25) is 0 Å². The molecule has 128 valence electrons. The van der Waals surface area contributed by atoms with E-state index in [1.807, 2.05) is 6.92 Å². The van der Waals surface area contributed by atoms with E-state index >= 15 is 0 Å². The van der Waals surface area contributed by atoms with Gasteiger partial charge in [0.25, 0.3) is 17.5 Å². The number of nitro benzene ring substituents is 1. The van der Waals surface area contributed by atoms with E-state index < -0.39 is 10.8 Å². The van der Waals surface area contributed by atoms with E-state index in [2.05, 4.69) is 15.8 Å². The summed E-state index contributed by atoms with van der Waals surface area (Å²) in [6.45, 7) is 1.64. The van der Waals surface area contributed by atoms with Crippen LogP contribution in [-0.4, -0.2) is 29.5 Å². The number of aryl methyl sites for hydroxylation is 1. The van der Waals surface area contributed by atoms with Crippen LogP contribution in [0.4, 0.5) is 5.69 Å². The second-order valence-corrected chi connectivity index (χ2v) is 5.16. The molecular weight excluding hydrogens is 324 g/mol. The number of carbonyl (C=O) groups is 2. The largest absolute Gasteiger partial charge is 0.343 e. The molecule has 0 radical (unpaired) electrons. The summed E-state index contributed by atoms with van der Waals surface area (Å²) in [7, 11) is 0. The standard InChI is InChI=1S/C17H16N4O4/c1-12-6-8-13(9-7-12)17(23)18-11-16(22)20-19-10-14-4-2-3-5-15(14)21(24)25/h2-10H,11H2,1H3,(H,18,23)(H,20,22). The number of rotatable bonds is 6. The number of carbonyl (C=O) groups excluding carboxylic acids is 2. The lowest BCUT2D eigenvalue weighted by atomic mass is 10.1. The van der Waals surface area contributed by atoms with Crippen LogP contribution < -0.4 is 10.7 Å². The molecule has 0 aliphatic rings. The molecule has 25 heavy (non-hydrogen) atoms. The normalized spacial score (nSPS) is 10.4. The van der Waals surface area contributed by atoms with E-state index in [1.54, 1.807) is 30.3 Å². The first-order chi connectivity index (χ1) is 12.0. The van der Waals surface area contributed by atoms with Gasteiger partial charge in [0, 0.05) is 11.6 Å². The van der Waals surface area contributed by atoms with Gasteiger partial charge in [-0.25, -0.2) is 5.43 Å². The minimum Gasteiger partial charge on any atom is -0.343 e. The number of nitrogens with zero attached hydrogens (tertiary/aromatic N) is 2. The van der Waals surface area contributed by atoms with Gasteiger partial charge in [0.05, 0.1) is 23.2 Å². The quantitative estimate of drug-likeness (QED) is 0.474. The first-order valence-corrected chi connectivity index (χ1v) is 7.37. The summed E-state index contributed by atoms with van der Waals surface area (Å²) >= 11 is 0. The Bertz CT molecular complexity index is 816. The zero-order valence-corrected chi connectivity index (χ0v) is 13.4. The van der Waals surface area contributed by atoms with Crippen LogP contribution in [0.3, 0.4) is 0 Å². The van der Waals surface area contributed by atoms with Gasteiger partial charge >= 0.3 is 0 Å². The third kappa shape index (κ3) is 5.24. The summed E-state index contributed by atoms with van der Waals surface area (Å²) in [5.41, 5.74) is 3.82. The molecule has 0 fully saturated rings. The van der Waals surface area contributed by atoms with Crippen LogP contribution >= 0.6 is 0 Å². The highest BCUT2D eigenvalue weighted by atomic mass is 16.6. The average Bonchev–Trinajstić information content (AvgIpc) is 2.60. The summed E-state index contributed by atoms with van der Waals surface area (Å²) in [5.74, 6) is -0.923. The summed E-state index contributed by atoms with van der Waals surface area (Å²) < 4.78 is 0. The summed E-state index contributed by atoms with van der Waals surface area (Å²) in [5, 5.41) is 17.0. The first-order valence-electron chi connectivity index (χ1n) is 7.37. The molecule has 2 aromatic carbocycles. The summed E-state index contributed by atoms with van der Waals surface area (Å²) in [6.07, 6.45) is 1.18. The molecule has 2 rings (SSSR count). The molecule has 8 nitrogen and oxygen atoms in total. The first kappa shape index (κ1) is 17.8. The molecule has 0 heterocycles. The van der Waals surface area contributed by atoms with Gasteiger partial charge in [-0.1, -0.05) is 29.8 Å². The highest BCUT2D eigenvalue weighted by Crippen LogP contribution is 2.14. The predicted octanol–water partition coefficient (Wildman–Crippen LogP) is 1.78. The van der Waals surface area contributed by atoms with Gasteiger partial charge in [-0.3, -0.25) is 19.7 Å². The lowest BCUT2D eigenvalue weighted by molar-refractivity contribution is -0.385. The Hall–Kier alpha value is -3.55. The molecule has 0 aliphatic carbocycles. The third-order valence-electron chi connectivity index (χ3n) is 3.25. The van der Waals surface area contributed by atoms with E-state index in [9.17, 15) is 19.7 Å². The average molecular weight is 340 g/mol. The molecule has 2 N–H and O–H groups in total. The lowest BCUT2D eigenvalue weighted by Crippen LogP contribution is -2.34. The fourth-order valence-electron chi connectivity index (χ4n) is 1.94. The minimum absolute atomic E-state index is 0.117. The Morgan fingerprint density at radius 3 is 2.52 bits per heavy atom. The van der Waals surface area contributed by atoms with Gasteiger partial charge in [0.2, 0.25) is 0 Å². The molecule has 0 atom stereocenters. The molecule has 8 heteroatoms. The van der Waals surface area contributed by atoms with Crippen molar-refractivity contribution in [3.63, 3.8) is 0 Å². The molecule has 0 unspecified atom stereocenters. The highest BCUT2D eigenvalue weighted by Gasteiger charge is 2.10. The Morgan fingerprint density at radius 1 is 1.16 bits per heavy atom. The van der Waals surface area contributed by atoms with Crippen molar-refractivity contribution in [3.05, 3.63) is 75.3 Å². The monoisotopic (exact) mass is 340 g/mol. The maximum atomic E-state index is 11.9. The van der Waals surface area contributed by atoms with Crippen LogP contribution in [0.15, 0.2) is 53.6 Å². The molecule has 2 amide bonds. The zero-order chi connectivity index (χ0) is 18.2. The fourth-order valence-corrected chi connectivity index (χ4v) is 1.94. The number of amides is 2. The van der Waals surface area contributed by atoms with E-state index in [1.165, 1.54) is 24.4 Å². The van der Waals surface area contributed by atoms with Gasteiger partial charge in [-0.15, -0.1) is 0 Å². The molecular formula is C17H16N4O4. The Kier molecular flexibility index (Phi) is 5.94. The van der Waals surface area contributed by atoms with E-state index in [4.69, 9.17) is 0 Å². The number of hydrogen-bond donors (Lipinski definition) is 2. The van der Waals surface area contributed by atoms with Gasteiger partial charge < -0.3 is 5.32 Å². The second-order valence-electron chi connectivity index (χ2n) is 5.16. The Balaban J connectivity index is 1.86. The van der Waals surface area contributed by atoms with Gasteiger partial charge in [0.1, 0.15) is 0 Å². The number of hydrogen-bond acceptors (Lipinski definition) is 5. The van der Waals surface area contributed by atoms with Crippen molar-refractivity contribution in [3.8, 4) is 0 Å². The maximum absolute atomic E-state index is 11.9. The fraction of sp³-hybridized carbons (Fsp3) is 0.118. The van der Waals surface area contributed by atoms with Gasteiger partial charge in [-0.05, 0) is 25.1 Å². The number of nitrogens with one attached hydrogen (secondary N) is 2. The molecule has 0 saturated carbocycles. The summed E-state index contributed by atoms with van der Waals surface area (Å²) in [6, 6.07) is 12.9. The number of nitro groups is 1. The van der Waals surface area contributed by atoms with Crippen LogP contribution in [-0.2, 0) is 4.79 Å². The van der Waals surface area contributed by atoms with E-state index in [0.717, 1.165) is 5.56 Å². The van der Waals surface area contributed by atoms with Crippen molar-refractivity contribution in [2.75, 3.05) is 6.54 Å². The molecule has 0 saturated heterocycles. The SMILES string of the molecule is Cc1ccc(C(=O)NCC(=O)NN=Cc2ccccc2[N+](=O)[O-])cc1. The van der Waals surface area contributed by atoms with Crippen molar-refractivity contribution in [1.82, 2.24) is 10.7 Å². The van der Waals surface area contributed by atoms with Crippen molar-refractivity contribution in [2.24, 2.45) is 5.10 Å². The van der Waals surface area contributed by atoms with Crippen LogP contribution in [0.5, 0.6) is 0 Å². The number of benzene rings is 2. The Labute approximate surface area is 143 Å². The smallest absolute Gasteiger partial charge is 0.278 e. The van der Waals surface area contributed by atoms with Crippen LogP contribution in [0.1, 0.15) is 21.5 Å². The topological polar surface area (TPSA) is 114 Å². The van der Waals surface area contributed by atoms with E-state index in [0.29, 0.717) is 5.56 Å². The molecule has 0 aromatic heterocycles. The Morgan fingerprint density at radius 2 is 1.84 bits per heavy atom. The molecule has 0 bridgehead atoms. The number of hydrazone groups is 1. The lowest BCUT2D eigenvalue weighted by Gasteiger charge is -2.04. The van der Waals surface area contributed by atoms with Crippen molar-refractivity contribution in [1.29, 1.82) is 0 Å².